The van der Waals surface area contributed by atoms with E-state index in [-0.39, 0.29) is 24.3 Å². The monoisotopic (exact) mass is 400 g/mol. The Morgan fingerprint density at radius 2 is 1.82 bits per heavy atom. The fourth-order valence-corrected chi connectivity index (χ4v) is 3.90. The summed E-state index contributed by atoms with van der Waals surface area (Å²) in [7, 11) is 2.14. The Morgan fingerprint density at radius 3 is 2.50 bits per heavy atom. The van der Waals surface area contributed by atoms with E-state index < -0.39 is 0 Å². The zero-order valence-electron chi connectivity index (χ0n) is 16.3. The Kier molecular flexibility index (Phi) is 7.59. The maximum Gasteiger partial charge on any atom is 0.261 e. The highest BCUT2D eigenvalue weighted by atomic mass is 32.1. The Balaban J connectivity index is 1.51. The molecule has 0 bridgehead atoms. The SMILES string of the molecule is CN1CCN(CC(NC(=O)CCNC(=O)c2cccs2)c2ccccc2)CC1. The molecule has 7 heteroatoms. The fraction of sp³-hybridized carbons (Fsp3) is 0.429. The second-order valence-electron chi connectivity index (χ2n) is 7.12. The quantitative estimate of drug-likeness (QED) is 0.711. The molecular formula is C21H28N4O2S. The van der Waals surface area contributed by atoms with Crippen molar-refractivity contribution in [3.8, 4) is 0 Å². The van der Waals surface area contributed by atoms with Crippen LogP contribution in [0.15, 0.2) is 47.8 Å². The van der Waals surface area contributed by atoms with Gasteiger partial charge in [-0.05, 0) is 24.1 Å². The van der Waals surface area contributed by atoms with Gasteiger partial charge in [0.1, 0.15) is 0 Å². The number of thiophene rings is 1. The first kappa shape index (κ1) is 20.5. The van der Waals surface area contributed by atoms with Crippen molar-refractivity contribution >= 4 is 23.2 Å². The molecule has 1 aromatic heterocycles. The average molecular weight is 401 g/mol. The molecule has 1 aromatic carbocycles. The number of amides is 2. The molecule has 2 amide bonds. The Morgan fingerprint density at radius 1 is 1.07 bits per heavy atom. The van der Waals surface area contributed by atoms with Gasteiger partial charge in [0, 0.05) is 45.7 Å². The summed E-state index contributed by atoms with van der Waals surface area (Å²) in [6.45, 7) is 5.23. The molecule has 150 valence electrons. The van der Waals surface area contributed by atoms with Gasteiger partial charge in [-0.25, -0.2) is 0 Å². The number of likely N-dealkylation sites (N-methyl/N-ethyl adjacent to an activating group) is 1. The van der Waals surface area contributed by atoms with Crippen LogP contribution in [0.3, 0.4) is 0 Å². The summed E-state index contributed by atoms with van der Waals surface area (Å²) in [5.74, 6) is -0.172. The van der Waals surface area contributed by atoms with Gasteiger partial charge in [-0.3, -0.25) is 14.5 Å². The van der Waals surface area contributed by atoms with E-state index in [1.54, 1.807) is 6.07 Å². The van der Waals surface area contributed by atoms with E-state index in [4.69, 9.17) is 0 Å². The highest BCUT2D eigenvalue weighted by Gasteiger charge is 2.21. The molecule has 0 aliphatic carbocycles. The number of hydrogen-bond acceptors (Lipinski definition) is 5. The van der Waals surface area contributed by atoms with E-state index in [1.165, 1.54) is 11.3 Å². The van der Waals surface area contributed by atoms with Gasteiger partial charge < -0.3 is 15.5 Å². The Hall–Kier alpha value is -2.22. The molecule has 0 saturated carbocycles. The van der Waals surface area contributed by atoms with Gasteiger partial charge in [-0.2, -0.15) is 0 Å². The molecule has 1 fully saturated rings. The third-order valence-corrected chi connectivity index (χ3v) is 5.83. The molecule has 6 nitrogen and oxygen atoms in total. The summed E-state index contributed by atoms with van der Waals surface area (Å²) in [5.41, 5.74) is 1.11. The van der Waals surface area contributed by atoms with Crippen LogP contribution in [0.2, 0.25) is 0 Å². The van der Waals surface area contributed by atoms with Crippen molar-refractivity contribution < 1.29 is 9.59 Å². The lowest BCUT2D eigenvalue weighted by Crippen LogP contribution is -2.48. The first-order valence-electron chi connectivity index (χ1n) is 9.69. The number of rotatable bonds is 8. The second-order valence-corrected chi connectivity index (χ2v) is 8.07. The van der Waals surface area contributed by atoms with E-state index >= 15 is 0 Å². The smallest absolute Gasteiger partial charge is 0.261 e. The largest absolute Gasteiger partial charge is 0.351 e. The Labute approximate surface area is 170 Å². The van der Waals surface area contributed by atoms with Crippen LogP contribution < -0.4 is 10.6 Å². The zero-order valence-corrected chi connectivity index (χ0v) is 17.1. The summed E-state index contributed by atoms with van der Waals surface area (Å²) >= 11 is 1.40. The maximum absolute atomic E-state index is 12.5. The molecule has 1 unspecified atom stereocenters. The van der Waals surface area contributed by atoms with Crippen molar-refractivity contribution in [1.82, 2.24) is 20.4 Å². The molecule has 3 rings (SSSR count). The summed E-state index contributed by atoms with van der Waals surface area (Å²) in [6.07, 6.45) is 0.267. The van der Waals surface area contributed by atoms with Crippen LogP contribution in [0, 0.1) is 0 Å². The van der Waals surface area contributed by atoms with Gasteiger partial charge in [-0.15, -0.1) is 11.3 Å². The van der Waals surface area contributed by atoms with Gasteiger partial charge in [-0.1, -0.05) is 36.4 Å². The first-order valence-corrected chi connectivity index (χ1v) is 10.6. The van der Waals surface area contributed by atoms with Crippen molar-refractivity contribution in [2.24, 2.45) is 0 Å². The van der Waals surface area contributed by atoms with E-state index in [2.05, 4.69) is 39.6 Å². The lowest BCUT2D eigenvalue weighted by Gasteiger charge is -2.35. The molecule has 1 aliphatic heterocycles. The van der Waals surface area contributed by atoms with Crippen molar-refractivity contribution in [1.29, 1.82) is 0 Å². The standard InChI is InChI=1S/C21H28N4O2S/c1-24-11-13-25(14-12-24)16-18(17-6-3-2-4-7-17)23-20(26)9-10-22-21(27)19-8-5-15-28-19/h2-8,15,18H,9-14,16H2,1H3,(H,22,27)(H,23,26). The number of hydrogen-bond donors (Lipinski definition) is 2. The molecular weight excluding hydrogens is 372 g/mol. The normalized spacial score (nSPS) is 16.5. The van der Waals surface area contributed by atoms with Crippen LogP contribution in [-0.2, 0) is 4.79 Å². The lowest BCUT2D eigenvalue weighted by molar-refractivity contribution is -0.121. The van der Waals surface area contributed by atoms with Crippen LogP contribution in [0.5, 0.6) is 0 Å². The molecule has 28 heavy (non-hydrogen) atoms. The molecule has 0 spiro atoms. The van der Waals surface area contributed by atoms with Crippen LogP contribution >= 0.6 is 11.3 Å². The number of nitrogens with one attached hydrogen (secondary N) is 2. The number of nitrogens with zero attached hydrogens (tertiary/aromatic N) is 2. The van der Waals surface area contributed by atoms with E-state index in [9.17, 15) is 9.59 Å². The molecule has 0 radical (unpaired) electrons. The van der Waals surface area contributed by atoms with Gasteiger partial charge in [0.25, 0.3) is 5.91 Å². The third kappa shape index (κ3) is 6.15. The number of benzene rings is 1. The van der Waals surface area contributed by atoms with Crippen molar-refractivity contribution in [3.63, 3.8) is 0 Å². The fourth-order valence-electron chi connectivity index (χ4n) is 3.26. The minimum Gasteiger partial charge on any atom is -0.351 e. The highest BCUT2D eigenvalue weighted by Crippen LogP contribution is 2.16. The number of carbonyl (C=O) groups excluding carboxylic acids is 2. The molecule has 2 aromatic rings. The maximum atomic E-state index is 12.5. The van der Waals surface area contributed by atoms with Gasteiger partial charge in [0.2, 0.25) is 5.91 Å². The summed E-state index contributed by atoms with van der Waals surface area (Å²) in [4.78, 5) is 29.9. The van der Waals surface area contributed by atoms with Gasteiger partial charge in [0.15, 0.2) is 0 Å². The summed E-state index contributed by atoms with van der Waals surface area (Å²) in [5, 5.41) is 7.83. The van der Waals surface area contributed by atoms with Crippen molar-refractivity contribution in [2.45, 2.75) is 12.5 Å². The predicted octanol–water partition coefficient (Wildman–Crippen LogP) is 1.97. The van der Waals surface area contributed by atoms with Crippen LogP contribution in [0.1, 0.15) is 27.7 Å². The van der Waals surface area contributed by atoms with Gasteiger partial charge >= 0.3 is 0 Å². The van der Waals surface area contributed by atoms with Gasteiger partial charge in [0.05, 0.1) is 10.9 Å². The topological polar surface area (TPSA) is 64.7 Å². The zero-order chi connectivity index (χ0) is 19.8. The molecule has 1 saturated heterocycles. The first-order chi connectivity index (χ1) is 13.6. The highest BCUT2D eigenvalue weighted by molar-refractivity contribution is 7.12. The molecule has 1 atom stereocenters. The van der Waals surface area contributed by atoms with Crippen LogP contribution in [0.25, 0.3) is 0 Å². The predicted molar refractivity (Wildman–Crippen MR) is 113 cm³/mol. The van der Waals surface area contributed by atoms with Crippen molar-refractivity contribution in [2.75, 3.05) is 46.3 Å². The third-order valence-electron chi connectivity index (χ3n) is 4.96. The van der Waals surface area contributed by atoms with Crippen LogP contribution in [-0.4, -0.2) is 67.9 Å². The van der Waals surface area contributed by atoms with E-state index in [0.29, 0.717) is 11.4 Å². The molecule has 2 heterocycles. The van der Waals surface area contributed by atoms with Crippen molar-refractivity contribution in [3.05, 3.63) is 58.3 Å². The summed E-state index contributed by atoms with van der Waals surface area (Å²) < 4.78 is 0. The van der Waals surface area contributed by atoms with E-state index in [0.717, 1.165) is 38.3 Å². The summed E-state index contributed by atoms with van der Waals surface area (Å²) in [6, 6.07) is 13.7. The minimum absolute atomic E-state index is 0.0468. The lowest BCUT2D eigenvalue weighted by atomic mass is 10.1. The molecule has 2 N–H and O–H groups in total. The Bertz CT molecular complexity index is 743. The van der Waals surface area contributed by atoms with E-state index in [1.807, 2.05) is 29.6 Å². The molecule has 1 aliphatic rings. The van der Waals surface area contributed by atoms with Crippen LogP contribution in [0.4, 0.5) is 0 Å². The minimum atomic E-state index is -0.125. The number of carbonyl (C=O) groups is 2. The average Bonchev–Trinajstić information content (AvgIpc) is 3.25. The number of piperazine rings is 1. The second kappa shape index (κ2) is 10.4.